The van der Waals surface area contributed by atoms with Gasteiger partial charge in [0.1, 0.15) is 0 Å². The minimum absolute atomic E-state index is 0.497. The molecule has 114 valence electrons. The maximum atomic E-state index is 4.84. The summed E-state index contributed by atoms with van der Waals surface area (Å²) in [5.41, 5.74) is 2.51. The molecule has 0 saturated carbocycles. The fourth-order valence-electron chi connectivity index (χ4n) is 2.55. The fraction of sp³-hybridized carbons (Fsp3) is 0.278. The van der Waals surface area contributed by atoms with Crippen LogP contribution in [0.3, 0.4) is 0 Å². The molecule has 22 heavy (non-hydrogen) atoms. The predicted octanol–water partition coefficient (Wildman–Crippen LogP) is 4.24. The van der Waals surface area contributed by atoms with Gasteiger partial charge in [-0.25, -0.2) is 0 Å². The SMILES string of the molecule is CCC1=NN(c2ccc(Br)cc2)C(C[Se]c2ccccc2)C1. The number of anilines is 1. The first-order chi connectivity index (χ1) is 10.8. The minimum atomic E-state index is 0.497. The van der Waals surface area contributed by atoms with Crippen LogP contribution in [0.15, 0.2) is 64.2 Å². The van der Waals surface area contributed by atoms with E-state index in [9.17, 15) is 0 Å². The van der Waals surface area contributed by atoms with Crippen LogP contribution in [0, 0.1) is 0 Å². The van der Waals surface area contributed by atoms with Gasteiger partial charge in [-0.2, -0.15) is 0 Å². The molecular weight excluding hydrogens is 403 g/mol. The van der Waals surface area contributed by atoms with E-state index in [0.717, 1.165) is 17.3 Å². The molecule has 2 aromatic rings. The summed E-state index contributed by atoms with van der Waals surface area (Å²) in [4.78, 5) is 0. The van der Waals surface area contributed by atoms with Gasteiger partial charge in [0.05, 0.1) is 0 Å². The van der Waals surface area contributed by atoms with Crippen molar-refractivity contribution in [2.45, 2.75) is 31.1 Å². The second-order valence-corrected chi connectivity index (χ2v) is 8.53. The van der Waals surface area contributed by atoms with Crippen LogP contribution in [0.5, 0.6) is 0 Å². The van der Waals surface area contributed by atoms with Gasteiger partial charge in [-0.3, -0.25) is 0 Å². The van der Waals surface area contributed by atoms with Gasteiger partial charge in [0.2, 0.25) is 0 Å². The Labute approximate surface area is 146 Å². The standard InChI is InChI=1S/C18H19BrN2Se/c1-2-15-12-17(13-22-18-6-4-3-5-7-18)21(20-15)16-10-8-14(19)9-11-16/h3-11,17H,2,12-13H2,1H3. The average molecular weight is 422 g/mol. The molecule has 1 atom stereocenters. The summed E-state index contributed by atoms with van der Waals surface area (Å²) >= 11 is 4.00. The van der Waals surface area contributed by atoms with Crippen LogP contribution in [0.2, 0.25) is 5.32 Å². The molecule has 4 heteroatoms. The van der Waals surface area contributed by atoms with Crippen molar-refractivity contribution in [3.63, 3.8) is 0 Å². The van der Waals surface area contributed by atoms with Crippen LogP contribution >= 0.6 is 15.9 Å². The summed E-state index contributed by atoms with van der Waals surface area (Å²) in [7, 11) is 0. The molecule has 0 amide bonds. The Balaban J connectivity index is 1.73. The van der Waals surface area contributed by atoms with E-state index >= 15 is 0 Å². The Morgan fingerprint density at radius 1 is 1.14 bits per heavy atom. The zero-order chi connectivity index (χ0) is 15.4. The molecule has 0 N–H and O–H groups in total. The topological polar surface area (TPSA) is 15.6 Å². The van der Waals surface area contributed by atoms with Crippen molar-refractivity contribution >= 4 is 46.7 Å². The first-order valence-corrected chi connectivity index (χ1v) is 10.4. The first-order valence-electron chi connectivity index (χ1n) is 7.55. The Kier molecular flexibility index (Phi) is 5.35. The Bertz CT molecular complexity index is 640. The summed E-state index contributed by atoms with van der Waals surface area (Å²) in [5.74, 6) is 0. The fourth-order valence-corrected chi connectivity index (χ4v) is 4.90. The van der Waals surface area contributed by atoms with Gasteiger partial charge in [0.15, 0.2) is 0 Å². The molecule has 0 spiro atoms. The van der Waals surface area contributed by atoms with Crippen molar-refractivity contribution < 1.29 is 0 Å². The molecule has 1 heterocycles. The molecular formula is C18H19BrN2Se. The Morgan fingerprint density at radius 3 is 2.55 bits per heavy atom. The van der Waals surface area contributed by atoms with Crippen LogP contribution < -0.4 is 9.47 Å². The molecule has 3 rings (SSSR count). The van der Waals surface area contributed by atoms with Gasteiger partial charge < -0.3 is 0 Å². The summed E-state index contributed by atoms with van der Waals surface area (Å²) in [6.07, 6.45) is 2.14. The molecule has 0 aliphatic carbocycles. The molecule has 0 radical (unpaired) electrons. The first kappa shape index (κ1) is 15.8. The number of benzene rings is 2. The third kappa shape index (κ3) is 3.81. The second kappa shape index (κ2) is 7.45. The quantitative estimate of drug-likeness (QED) is 0.659. The second-order valence-electron chi connectivity index (χ2n) is 5.32. The number of hydrazone groups is 1. The number of rotatable bonds is 5. The molecule has 0 saturated heterocycles. The molecule has 2 nitrogen and oxygen atoms in total. The normalized spacial score (nSPS) is 17.6. The molecule has 1 unspecified atom stereocenters. The maximum absolute atomic E-state index is 4.84. The van der Waals surface area contributed by atoms with Gasteiger partial charge in [-0.15, -0.1) is 0 Å². The Morgan fingerprint density at radius 2 is 1.86 bits per heavy atom. The van der Waals surface area contributed by atoms with Crippen molar-refractivity contribution in [2.24, 2.45) is 5.10 Å². The van der Waals surface area contributed by atoms with Crippen LogP contribution in [-0.4, -0.2) is 26.7 Å². The Hall–Kier alpha value is -1.09. The zero-order valence-corrected chi connectivity index (χ0v) is 15.9. The number of nitrogens with zero attached hydrogens (tertiary/aromatic N) is 2. The zero-order valence-electron chi connectivity index (χ0n) is 12.6. The van der Waals surface area contributed by atoms with E-state index in [1.54, 1.807) is 0 Å². The van der Waals surface area contributed by atoms with E-state index in [4.69, 9.17) is 5.10 Å². The molecule has 0 aromatic heterocycles. The van der Waals surface area contributed by atoms with Crippen molar-refractivity contribution in [2.75, 3.05) is 5.01 Å². The molecule has 0 fully saturated rings. The van der Waals surface area contributed by atoms with E-state index in [2.05, 4.69) is 82.5 Å². The summed E-state index contributed by atoms with van der Waals surface area (Å²) in [6, 6.07) is 19.8. The predicted molar refractivity (Wildman–Crippen MR) is 99.4 cm³/mol. The van der Waals surface area contributed by atoms with E-state index in [1.165, 1.54) is 21.2 Å². The van der Waals surface area contributed by atoms with E-state index in [-0.39, 0.29) is 0 Å². The van der Waals surface area contributed by atoms with E-state index in [1.807, 2.05) is 0 Å². The summed E-state index contributed by atoms with van der Waals surface area (Å²) < 4.78 is 2.58. The van der Waals surface area contributed by atoms with E-state index in [0.29, 0.717) is 21.0 Å². The van der Waals surface area contributed by atoms with Gasteiger partial charge in [-0.1, -0.05) is 0 Å². The molecule has 1 aliphatic rings. The van der Waals surface area contributed by atoms with Crippen LogP contribution in [0.1, 0.15) is 19.8 Å². The molecule has 2 aromatic carbocycles. The van der Waals surface area contributed by atoms with Gasteiger partial charge in [0, 0.05) is 0 Å². The number of hydrogen-bond donors (Lipinski definition) is 0. The van der Waals surface area contributed by atoms with Crippen molar-refractivity contribution in [3.05, 3.63) is 59.1 Å². The summed E-state index contributed by atoms with van der Waals surface area (Å²) in [5, 5.41) is 8.27. The van der Waals surface area contributed by atoms with Crippen LogP contribution in [-0.2, 0) is 0 Å². The third-order valence-corrected chi connectivity index (χ3v) is 6.71. The molecule has 0 bridgehead atoms. The number of halogens is 1. The van der Waals surface area contributed by atoms with Crippen LogP contribution in [0.4, 0.5) is 5.69 Å². The monoisotopic (exact) mass is 422 g/mol. The van der Waals surface area contributed by atoms with Crippen molar-refractivity contribution in [3.8, 4) is 0 Å². The number of hydrogen-bond acceptors (Lipinski definition) is 2. The average Bonchev–Trinajstić information content (AvgIpc) is 2.98. The van der Waals surface area contributed by atoms with Crippen molar-refractivity contribution in [1.82, 2.24) is 0 Å². The van der Waals surface area contributed by atoms with E-state index < -0.39 is 0 Å². The third-order valence-electron chi connectivity index (χ3n) is 3.75. The van der Waals surface area contributed by atoms with Crippen LogP contribution in [0.25, 0.3) is 0 Å². The summed E-state index contributed by atoms with van der Waals surface area (Å²) in [6.45, 7) is 2.20. The van der Waals surface area contributed by atoms with Crippen molar-refractivity contribution in [1.29, 1.82) is 0 Å². The van der Waals surface area contributed by atoms with Gasteiger partial charge in [0.25, 0.3) is 0 Å². The molecule has 1 aliphatic heterocycles. The van der Waals surface area contributed by atoms with Gasteiger partial charge >= 0.3 is 147 Å². The van der Waals surface area contributed by atoms with Gasteiger partial charge in [-0.05, 0) is 0 Å².